The van der Waals surface area contributed by atoms with Gasteiger partial charge in [0.1, 0.15) is 23.4 Å². The first-order valence-electron chi connectivity index (χ1n) is 11.5. The van der Waals surface area contributed by atoms with E-state index >= 15 is 0 Å². The molecule has 8 nitrogen and oxygen atoms in total. The summed E-state index contributed by atoms with van der Waals surface area (Å²) in [5.41, 5.74) is 1.47. The van der Waals surface area contributed by atoms with E-state index in [0.717, 1.165) is 18.4 Å². The Hall–Kier alpha value is -3.94. The average molecular weight is 458 g/mol. The lowest BCUT2D eigenvalue weighted by atomic mass is 10.0. The lowest BCUT2D eigenvalue weighted by Crippen LogP contribution is -2.32. The van der Waals surface area contributed by atoms with Gasteiger partial charge in [0.25, 0.3) is 5.56 Å². The van der Waals surface area contributed by atoms with Gasteiger partial charge in [0.05, 0.1) is 18.0 Å². The van der Waals surface area contributed by atoms with E-state index in [1.54, 1.807) is 17.9 Å². The fourth-order valence-corrected chi connectivity index (χ4v) is 4.38. The number of benzene rings is 2. The Balaban J connectivity index is 1.41. The van der Waals surface area contributed by atoms with Crippen LogP contribution in [0.1, 0.15) is 48.6 Å². The fraction of sp³-hybridized carbons (Fsp3) is 0.308. The molecule has 1 aliphatic rings. The van der Waals surface area contributed by atoms with Crippen LogP contribution in [0.3, 0.4) is 0 Å². The summed E-state index contributed by atoms with van der Waals surface area (Å²) >= 11 is 0. The Morgan fingerprint density at radius 1 is 1.18 bits per heavy atom. The van der Waals surface area contributed by atoms with Crippen LogP contribution in [0, 0.1) is 0 Å². The van der Waals surface area contributed by atoms with E-state index in [2.05, 4.69) is 10.3 Å². The van der Waals surface area contributed by atoms with Crippen molar-refractivity contribution in [3.8, 4) is 5.75 Å². The molecule has 1 N–H and O–H groups in total. The molecule has 34 heavy (non-hydrogen) atoms. The molecular formula is C26H27N5O3. The minimum Gasteiger partial charge on any atom is -0.496 e. The number of para-hydroxylation sites is 2. The molecule has 1 atom stereocenters. The smallest absolute Gasteiger partial charge is 0.261 e. The van der Waals surface area contributed by atoms with Gasteiger partial charge in [-0.1, -0.05) is 30.3 Å². The van der Waals surface area contributed by atoms with Crippen molar-refractivity contribution in [3.63, 3.8) is 0 Å². The summed E-state index contributed by atoms with van der Waals surface area (Å²) in [7, 11) is 3.50. The summed E-state index contributed by atoms with van der Waals surface area (Å²) < 4.78 is 9.21. The van der Waals surface area contributed by atoms with Gasteiger partial charge < -0.3 is 14.6 Å². The number of nitrogens with one attached hydrogen (secondary N) is 1. The Bertz CT molecular complexity index is 1400. The zero-order valence-electron chi connectivity index (χ0n) is 19.3. The quantitative estimate of drug-likeness (QED) is 0.438. The molecule has 1 fully saturated rings. The molecule has 4 aromatic rings. The molecule has 2 heterocycles. The zero-order chi connectivity index (χ0) is 23.7. The molecule has 1 saturated carbocycles. The van der Waals surface area contributed by atoms with Gasteiger partial charge in [0.2, 0.25) is 5.91 Å². The summed E-state index contributed by atoms with van der Waals surface area (Å²) in [6, 6.07) is 14.7. The fourth-order valence-electron chi connectivity index (χ4n) is 4.38. The standard InChI is InChI=1S/C26H27N5O3/c1-30-16-15-27-25(30)24(19-8-4-6-10-21(19)34-2)29-23(32)14-13-22-28-20-9-5-3-7-18(20)26(33)31(22)17-11-12-17/h3-10,15-17,24H,11-14H2,1-2H3,(H,29,32). The van der Waals surface area contributed by atoms with Crippen molar-refractivity contribution >= 4 is 16.8 Å². The van der Waals surface area contributed by atoms with Crippen molar-refractivity contribution in [1.82, 2.24) is 24.4 Å². The minimum atomic E-state index is -0.473. The molecule has 1 unspecified atom stereocenters. The third-order valence-electron chi connectivity index (χ3n) is 6.24. The molecule has 1 aliphatic carbocycles. The number of rotatable bonds is 8. The van der Waals surface area contributed by atoms with E-state index in [0.29, 0.717) is 34.7 Å². The SMILES string of the molecule is COc1ccccc1C(NC(=O)CCc1nc2ccccc2c(=O)n1C1CC1)c1nccn1C. The molecule has 8 heteroatoms. The Kier molecular flexibility index (Phi) is 5.88. The van der Waals surface area contributed by atoms with Crippen molar-refractivity contribution in [2.24, 2.45) is 7.05 Å². The second-order valence-electron chi connectivity index (χ2n) is 8.59. The highest BCUT2D eigenvalue weighted by Gasteiger charge is 2.29. The van der Waals surface area contributed by atoms with Gasteiger partial charge in [-0.2, -0.15) is 0 Å². The highest BCUT2D eigenvalue weighted by molar-refractivity contribution is 5.78. The summed E-state index contributed by atoms with van der Waals surface area (Å²) in [6.45, 7) is 0. The molecule has 0 aliphatic heterocycles. The van der Waals surface area contributed by atoms with E-state index < -0.39 is 6.04 Å². The average Bonchev–Trinajstić information content (AvgIpc) is 3.60. The van der Waals surface area contributed by atoms with Crippen LogP contribution in [0.25, 0.3) is 10.9 Å². The molecule has 5 rings (SSSR count). The van der Waals surface area contributed by atoms with Gasteiger partial charge in [-0.15, -0.1) is 0 Å². The molecule has 0 spiro atoms. The van der Waals surface area contributed by atoms with Crippen LogP contribution in [-0.4, -0.2) is 32.1 Å². The summed E-state index contributed by atoms with van der Waals surface area (Å²) in [5, 5.41) is 3.74. The lowest BCUT2D eigenvalue weighted by Gasteiger charge is -2.21. The van der Waals surface area contributed by atoms with Gasteiger partial charge >= 0.3 is 0 Å². The topological polar surface area (TPSA) is 91.0 Å². The van der Waals surface area contributed by atoms with Crippen molar-refractivity contribution < 1.29 is 9.53 Å². The number of carbonyl (C=O) groups is 1. The predicted octanol–water partition coefficient (Wildman–Crippen LogP) is 3.31. The van der Waals surface area contributed by atoms with E-state index in [-0.39, 0.29) is 23.9 Å². The van der Waals surface area contributed by atoms with E-state index in [1.165, 1.54) is 0 Å². The molecule has 1 amide bonds. The van der Waals surface area contributed by atoms with Crippen LogP contribution in [0.2, 0.25) is 0 Å². The highest BCUT2D eigenvalue weighted by atomic mass is 16.5. The number of ether oxygens (including phenoxy) is 1. The number of aryl methyl sites for hydroxylation is 2. The number of aromatic nitrogens is 4. The molecule has 0 radical (unpaired) electrons. The number of carbonyl (C=O) groups excluding carboxylic acids is 1. The van der Waals surface area contributed by atoms with Crippen LogP contribution in [0.15, 0.2) is 65.7 Å². The number of hydrogen-bond donors (Lipinski definition) is 1. The van der Waals surface area contributed by atoms with Gasteiger partial charge in [0.15, 0.2) is 0 Å². The van der Waals surface area contributed by atoms with Crippen LogP contribution >= 0.6 is 0 Å². The normalized spacial score (nSPS) is 14.2. The Morgan fingerprint density at radius 2 is 1.94 bits per heavy atom. The second-order valence-corrected chi connectivity index (χ2v) is 8.59. The zero-order valence-corrected chi connectivity index (χ0v) is 19.3. The summed E-state index contributed by atoms with van der Waals surface area (Å²) in [4.78, 5) is 35.5. The predicted molar refractivity (Wildman–Crippen MR) is 129 cm³/mol. The second kappa shape index (κ2) is 9.13. The first-order chi connectivity index (χ1) is 16.6. The number of methoxy groups -OCH3 is 1. The molecular weight excluding hydrogens is 430 g/mol. The number of imidazole rings is 1. The minimum absolute atomic E-state index is 0.0246. The van der Waals surface area contributed by atoms with Gasteiger partial charge in [-0.3, -0.25) is 14.2 Å². The first-order valence-corrected chi connectivity index (χ1v) is 11.5. The van der Waals surface area contributed by atoms with E-state index in [4.69, 9.17) is 9.72 Å². The number of fused-ring (bicyclic) bond motifs is 1. The van der Waals surface area contributed by atoms with Crippen LogP contribution < -0.4 is 15.6 Å². The first kappa shape index (κ1) is 21.9. The van der Waals surface area contributed by atoms with Crippen LogP contribution in [0.4, 0.5) is 0 Å². The molecule has 2 aromatic carbocycles. The van der Waals surface area contributed by atoms with Gasteiger partial charge in [-0.25, -0.2) is 9.97 Å². The monoisotopic (exact) mass is 457 g/mol. The maximum atomic E-state index is 13.1. The van der Waals surface area contributed by atoms with Crippen LogP contribution in [-0.2, 0) is 18.3 Å². The third kappa shape index (κ3) is 4.19. The lowest BCUT2D eigenvalue weighted by molar-refractivity contribution is -0.121. The maximum absolute atomic E-state index is 13.1. The number of hydrogen-bond acceptors (Lipinski definition) is 5. The molecule has 174 valence electrons. The Labute approximate surface area is 197 Å². The van der Waals surface area contributed by atoms with Crippen molar-refractivity contribution in [2.75, 3.05) is 7.11 Å². The summed E-state index contributed by atoms with van der Waals surface area (Å²) in [6.07, 6.45) is 6.06. The summed E-state index contributed by atoms with van der Waals surface area (Å²) in [5.74, 6) is 1.89. The molecule has 0 saturated heterocycles. The van der Waals surface area contributed by atoms with E-state index in [9.17, 15) is 9.59 Å². The largest absolute Gasteiger partial charge is 0.496 e. The van der Waals surface area contributed by atoms with Gasteiger partial charge in [-0.05, 0) is 31.0 Å². The Morgan fingerprint density at radius 3 is 2.68 bits per heavy atom. The number of amides is 1. The van der Waals surface area contributed by atoms with Crippen molar-refractivity contribution in [3.05, 3.63) is 88.5 Å². The highest BCUT2D eigenvalue weighted by Crippen LogP contribution is 2.35. The van der Waals surface area contributed by atoms with Crippen molar-refractivity contribution in [2.45, 2.75) is 37.8 Å². The maximum Gasteiger partial charge on any atom is 0.261 e. The van der Waals surface area contributed by atoms with Crippen LogP contribution in [0.5, 0.6) is 5.75 Å². The number of nitrogens with zero attached hydrogens (tertiary/aromatic N) is 4. The van der Waals surface area contributed by atoms with E-state index in [1.807, 2.05) is 66.3 Å². The molecule has 2 aromatic heterocycles. The van der Waals surface area contributed by atoms with Crippen molar-refractivity contribution in [1.29, 1.82) is 0 Å². The van der Waals surface area contributed by atoms with Gasteiger partial charge in [0, 0.05) is 43.9 Å². The molecule has 0 bridgehead atoms. The third-order valence-corrected chi connectivity index (χ3v) is 6.24.